The normalized spacial score (nSPS) is 19.9. The number of amides is 3. The number of H-pyrrole nitrogens is 1. The molecule has 3 amide bonds. The number of benzene rings is 2. The molecule has 198 valence electrons. The lowest BCUT2D eigenvalue weighted by molar-refractivity contribution is -0.140. The van der Waals surface area contributed by atoms with E-state index in [1.54, 1.807) is 0 Å². The topological polar surface area (TPSA) is 132 Å². The van der Waals surface area contributed by atoms with Crippen LogP contribution in [0.4, 0.5) is 5.69 Å². The molecule has 0 bridgehead atoms. The van der Waals surface area contributed by atoms with Gasteiger partial charge in [-0.1, -0.05) is 56.7 Å². The van der Waals surface area contributed by atoms with E-state index < -0.39 is 35.9 Å². The van der Waals surface area contributed by atoms with Crippen molar-refractivity contribution in [2.24, 2.45) is 5.92 Å². The number of anilines is 1. The predicted octanol–water partition coefficient (Wildman–Crippen LogP) is 2.71. The average Bonchev–Trinajstić information content (AvgIpc) is 3.46. The highest BCUT2D eigenvalue weighted by atomic mass is 16.4. The van der Waals surface area contributed by atoms with Gasteiger partial charge in [-0.3, -0.25) is 19.3 Å². The number of rotatable bonds is 8. The highest BCUT2D eigenvalue weighted by molar-refractivity contribution is 6.07. The molecule has 2 aliphatic rings. The molecule has 0 fully saturated rings. The molecule has 0 aliphatic carbocycles. The summed E-state index contributed by atoms with van der Waals surface area (Å²) in [5, 5.41) is 16.5. The third-order valence-electron chi connectivity index (χ3n) is 7.76. The molecule has 0 saturated heterocycles. The van der Waals surface area contributed by atoms with Crippen molar-refractivity contribution in [1.82, 2.24) is 15.6 Å². The summed E-state index contributed by atoms with van der Waals surface area (Å²) in [5.41, 5.74) is 4.07. The van der Waals surface area contributed by atoms with Gasteiger partial charge < -0.3 is 20.7 Å². The lowest BCUT2D eigenvalue weighted by Crippen LogP contribution is -2.57. The first-order chi connectivity index (χ1) is 18.3. The van der Waals surface area contributed by atoms with Crippen molar-refractivity contribution in [1.29, 1.82) is 0 Å². The SMILES string of the molecule is CC[C@H](C)[C@H](NC(=O)Cc1cc2ccccc2[nH]1)C(=O)N[C@H]1CCc2cccc3c2N(C1=O)[C@H](C(=O)O)C3. The fourth-order valence-electron chi connectivity index (χ4n) is 5.55. The smallest absolute Gasteiger partial charge is 0.327 e. The molecule has 9 heteroatoms. The van der Waals surface area contributed by atoms with Gasteiger partial charge in [0.1, 0.15) is 18.1 Å². The number of carbonyl (C=O) groups excluding carboxylic acids is 3. The molecule has 3 heterocycles. The van der Waals surface area contributed by atoms with Crippen LogP contribution in [0.5, 0.6) is 0 Å². The lowest BCUT2D eigenvalue weighted by Gasteiger charge is -2.29. The van der Waals surface area contributed by atoms with E-state index >= 15 is 0 Å². The minimum Gasteiger partial charge on any atom is -0.480 e. The summed E-state index contributed by atoms with van der Waals surface area (Å²) in [7, 11) is 0. The number of fused-ring (bicyclic) bond motifs is 1. The van der Waals surface area contributed by atoms with Crippen LogP contribution in [0.2, 0.25) is 0 Å². The van der Waals surface area contributed by atoms with Crippen molar-refractivity contribution in [3.8, 4) is 0 Å². The second kappa shape index (κ2) is 10.3. The van der Waals surface area contributed by atoms with E-state index in [1.807, 2.05) is 62.4 Å². The molecule has 9 nitrogen and oxygen atoms in total. The van der Waals surface area contributed by atoms with Gasteiger partial charge >= 0.3 is 5.97 Å². The van der Waals surface area contributed by atoms with Crippen molar-refractivity contribution in [3.63, 3.8) is 0 Å². The highest BCUT2D eigenvalue weighted by Crippen LogP contribution is 2.39. The number of aryl methyl sites for hydroxylation is 1. The van der Waals surface area contributed by atoms with Crippen LogP contribution in [0.15, 0.2) is 48.5 Å². The number of nitrogens with zero attached hydrogens (tertiary/aromatic N) is 1. The standard InChI is InChI=1S/C29H32N4O5/c1-3-16(2)25(32-24(34)15-20-13-18-7-4-5-10-21(18)30-20)27(35)31-22-12-11-17-8-6-9-19-14-23(29(37)38)33(26(17)19)28(22)36/h4-10,13,16,22-23,25,30H,3,11-12,14-15H2,1-2H3,(H,31,35)(H,32,34)(H,37,38)/t16-,22-,23-,25-/m0/s1. The average molecular weight is 517 g/mol. The fraction of sp³-hybridized carbons (Fsp3) is 0.379. The molecule has 2 aromatic carbocycles. The molecule has 0 unspecified atom stereocenters. The van der Waals surface area contributed by atoms with Crippen molar-refractivity contribution < 1.29 is 24.3 Å². The molecule has 1 aromatic heterocycles. The van der Waals surface area contributed by atoms with Crippen molar-refractivity contribution in [2.75, 3.05) is 4.90 Å². The summed E-state index contributed by atoms with van der Waals surface area (Å²) < 4.78 is 0. The van der Waals surface area contributed by atoms with Crippen molar-refractivity contribution in [2.45, 2.75) is 64.1 Å². The number of aromatic nitrogens is 1. The first-order valence-corrected chi connectivity index (χ1v) is 13.1. The largest absolute Gasteiger partial charge is 0.480 e. The Labute approximate surface area is 220 Å². The number of aliphatic carboxylic acids is 1. The molecular weight excluding hydrogens is 484 g/mol. The zero-order chi connectivity index (χ0) is 27.0. The Morgan fingerprint density at radius 2 is 1.89 bits per heavy atom. The minimum atomic E-state index is -1.07. The number of para-hydroxylation sites is 2. The van der Waals surface area contributed by atoms with Crippen molar-refractivity contribution in [3.05, 3.63) is 65.4 Å². The van der Waals surface area contributed by atoms with E-state index in [4.69, 9.17) is 0 Å². The number of aromatic amines is 1. The van der Waals surface area contributed by atoms with Crippen molar-refractivity contribution >= 4 is 40.3 Å². The molecule has 5 rings (SSSR count). The van der Waals surface area contributed by atoms with Gasteiger partial charge in [-0.2, -0.15) is 0 Å². The van der Waals surface area contributed by atoms with Crippen LogP contribution in [-0.4, -0.2) is 51.9 Å². The molecular formula is C29H32N4O5. The third kappa shape index (κ3) is 4.76. The molecule has 0 radical (unpaired) electrons. The maximum Gasteiger partial charge on any atom is 0.327 e. The van der Waals surface area contributed by atoms with Crippen LogP contribution < -0.4 is 15.5 Å². The van der Waals surface area contributed by atoms with Gasteiger partial charge in [0.2, 0.25) is 17.7 Å². The van der Waals surface area contributed by atoms with Gasteiger partial charge in [-0.25, -0.2) is 4.79 Å². The number of carbonyl (C=O) groups is 4. The maximum atomic E-state index is 13.6. The monoisotopic (exact) mass is 516 g/mol. The Morgan fingerprint density at radius 3 is 2.63 bits per heavy atom. The molecule has 38 heavy (non-hydrogen) atoms. The van der Waals surface area contributed by atoms with Gasteiger partial charge in [-0.05, 0) is 47.4 Å². The van der Waals surface area contributed by atoms with E-state index in [0.29, 0.717) is 24.9 Å². The number of hydrogen-bond donors (Lipinski definition) is 4. The van der Waals surface area contributed by atoms with Crippen LogP contribution in [-0.2, 0) is 38.4 Å². The first kappa shape index (κ1) is 25.5. The summed E-state index contributed by atoms with van der Waals surface area (Å²) in [4.78, 5) is 56.6. The Kier molecular flexibility index (Phi) is 6.93. The summed E-state index contributed by atoms with van der Waals surface area (Å²) in [6, 6.07) is 12.6. The van der Waals surface area contributed by atoms with E-state index in [2.05, 4.69) is 15.6 Å². The minimum absolute atomic E-state index is 0.0867. The van der Waals surface area contributed by atoms with Crippen LogP contribution in [0.1, 0.15) is 43.5 Å². The summed E-state index contributed by atoms with van der Waals surface area (Å²) in [6.45, 7) is 3.82. The predicted molar refractivity (Wildman–Crippen MR) is 143 cm³/mol. The number of carboxylic acids is 1. The molecule has 3 aromatic rings. The Bertz CT molecular complexity index is 1380. The first-order valence-electron chi connectivity index (χ1n) is 13.1. The zero-order valence-electron chi connectivity index (χ0n) is 21.5. The van der Waals surface area contributed by atoms with Crippen LogP contribution in [0, 0.1) is 5.92 Å². The fourth-order valence-corrected chi connectivity index (χ4v) is 5.55. The third-order valence-corrected chi connectivity index (χ3v) is 7.76. The van der Waals surface area contributed by atoms with E-state index in [1.165, 1.54) is 4.90 Å². The Balaban J connectivity index is 1.31. The molecule has 4 N–H and O–H groups in total. The van der Waals surface area contributed by atoms with E-state index in [0.717, 1.165) is 27.7 Å². The van der Waals surface area contributed by atoms with E-state index in [9.17, 15) is 24.3 Å². The maximum absolute atomic E-state index is 13.6. The zero-order valence-corrected chi connectivity index (χ0v) is 21.5. The molecule has 2 aliphatic heterocycles. The van der Waals surface area contributed by atoms with Gasteiger partial charge in [0.05, 0.1) is 12.1 Å². The molecule has 0 spiro atoms. The van der Waals surface area contributed by atoms with Crippen LogP contribution in [0.3, 0.4) is 0 Å². The Hall–Kier alpha value is -4.14. The number of carboxylic acid groups (broad SMARTS) is 1. The van der Waals surface area contributed by atoms with E-state index in [-0.39, 0.29) is 24.7 Å². The quantitative estimate of drug-likeness (QED) is 0.366. The summed E-state index contributed by atoms with van der Waals surface area (Å²) >= 11 is 0. The summed E-state index contributed by atoms with van der Waals surface area (Å²) in [5.74, 6) is -2.42. The molecule has 0 saturated carbocycles. The second-order valence-electron chi connectivity index (χ2n) is 10.3. The van der Waals surface area contributed by atoms with Crippen LogP contribution in [0.25, 0.3) is 10.9 Å². The molecule has 4 atom stereocenters. The Morgan fingerprint density at radius 1 is 1.13 bits per heavy atom. The van der Waals surface area contributed by atoms with Crippen LogP contribution >= 0.6 is 0 Å². The number of hydrogen-bond acceptors (Lipinski definition) is 4. The highest BCUT2D eigenvalue weighted by Gasteiger charge is 2.44. The summed E-state index contributed by atoms with van der Waals surface area (Å²) in [6.07, 6.45) is 1.85. The van der Waals surface area contributed by atoms with Gasteiger partial charge in [0, 0.05) is 17.6 Å². The number of nitrogens with one attached hydrogen (secondary N) is 3. The lowest BCUT2D eigenvalue weighted by atomic mass is 9.97. The second-order valence-corrected chi connectivity index (χ2v) is 10.3. The van der Waals surface area contributed by atoms with Gasteiger partial charge in [0.15, 0.2) is 0 Å². The van der Waals surface area contributed by atoms with Gasteiger partial charge in [-0.15, -0.1) is 0 Å². The van der Waals surface area contributed by atoms with Gasteiger partial charge in [0.25, 0.3) is 0 Å².